The molecule has 0 aromatic heterocycles. The number of carbonyl (C=O) groups is 2. The molecule has 2 bridgehead atoms. The molecule has 1 saturated heterocycles. The second-order valence-corrected chi connectivity index (χ2v) is 9.01. The number of Topliss-reactive ketones (excluding diaryl/α,β-unsaturated/α-hetero) is 1. The Balaban J connectivity index is 1.98. The molecule has 1 aromatic rings. The molecule has 170 valence electrons. The fourth-order valence-corrected chi connectivity index (χ4v) is 4.91. The standard InChI is InChI=1S/C25H34O6/c1-3-7-16-10-11-21(31-25(16)30)18-9-6-4-5-8-15(2)12-17-13-19(23(18)28)24(29)20(14-26)22(17)27/h5,8,13-16,18,21,25,27,29-30H,3-4,6-7,9-12H2,1-2H3/b8-5+/t15?,16?,18?,21-,25?/m1/s1. The molecule has 1 aliphatic heterocycles. The molecular formula is C25H34O6. The van der Waals surface area contributed by atoms with E-state index in [-0.39, 0.29) is 34.5 Å². The van der Waals surface area contributed by atoms with Crippen molar-refractivity contribution < 1.29 is 29.6 Å². The lowest BCUT2D eigenvalue weighted by Gasteiger charge is -2.37. The van der Waals surface area contributed by atoms with Gasteiger partial charge in [-0.2, -0.15) is 0 Å². The maximum Gasteiger partial charge on any atom is 0.172 e. The van der Waals surface area contributed by atoms with Gasteiger partial charge in [0.15, 0.2) is 18.4 Å². The number of hydrogen-bond acceptors (Lipinski definition) is 6. The Kier molecular flexibility index (Phi) is 7.89. The molecule has 6 heteroatoms. The minimum atomic E-state index is -0.900. The van der Waals surface area contributed by atoms with Gasteiger partial charge < -0.3 is 20.1 Å². The van der Waals surface area contributed by atoms with Crippen molar-refractivity contribution in [3.05, 3.63) is 34.9 Å². The number of phenols is 2. The lowest BCUT2D eigenvalue weighted by Crippen LogP contribution is -2.41. The Hall–Kier alpha value is -2.18. The summed E-state index contributed by atoms with van der Waals surface area (Å²) in [6.07, 6.45) is 9.08. The van der Waals surface area contributed by atoms with Crippen LogP contribution < -0.4 is 0 Å². The second-order valence-electron chi connectivity index (χ2n) is 9.01. The number of ketones is 1. The van der Waals surface area contributed by atoms with Crippen molar-refractivity contribution in [2.24, 2.45) is 17.8 Å². The first-order valence-electron chi connectivity index (χ1n) is 11.4. The predicted octanol–water partition coefficient (Wildman–Crippen LogP) is 4.54. The Morgan fingerprint density at radius 3 is 2.65 bits per heavy atom. The van der Waals surface area contributed by atoms with Crippen LogP contribution in [0.2, 0.25) is 0 Å². The molecule has 1 aromatic carbocycles. The normalized spacial score (nSPS) is 30.8. The molecule has 6 nitrogen and oxygen atoms in total. The van der Waals surface area contributed by atoms with Gasteiger partial charge in [0, 0.05) is 11.8 Å². The van der Waals surface area contributed by atoms with E-state index in [2.05, 4.69) is 19.1 Å². The highest BCUT2D eigenvalue weighted by Gasteiger charge is 2.38. The van der Waals surface area contributed by atoms with Gasteiger partial charge in [-0.05, 0) is 62.5 Å². The number of carbonyl (C=O) groups excluding carboxylic acids is 2. The van der Waals surface area contributed by atoms with Crippen molar-refractivity contribution in [2.45, 2.75) is 77.6 Å². The minimum Gasteiger partial charge on any atom is -0.507 e. The Bertz CT molecular complexity index is 830. The minimum absolute atomic E-state index is 0.0467. The van der Waals surface area contributed by atoms with Gasteiger partial charge in [0.2, 0.25) is 0 Å². The number of aliphatic hydroxyl groups is 1. The molecule has 0 amide bonds. The molecule has 0 spiro atoms. The summed E-state index contributed by atoms with van der Waals surface area (Å²) < 4.78 is 5.91. The lowest BCUT2D eigenvalue weighted by atomic mass is 9.80. The van der Waals surface area contributed by atoms with Crippen LogP contribution in [0.25, 0.3) is 0 Å². The Morgan fingerprint density at radius 2 is 1.97 bits per heavy atom. The molecule has 31 heavy (non-hydrogen) atoms. The maximum atomic E-state index is 13.6. The van der Waals surface area contributed by atoms with Crippen LogP contribution in [0.3, 0.4) is 0 Å². The van der Waals surface area contributed by atoms with Gasteiger partial charge in [-0.15, -0.1) is 0 Å². The van der Waals surface area contributed by atoms with Gasteiger partial charge >= 0.3 is 0 Å². The van der Waals surface area contributed by atoms with Gasteiger partial charge in [0.25, 0.3) is 0 Å². The van der Waals surface area contributed by atoms with E-state index in [1.54, 1.807) is 0 Å². The van der Waals surface area contributed by atoms with Gasteiger partial charge in [-0.25, -0.2) is 0 Å². The van der Waals surface area contributed by atoms with Crippen molar-refractivity contribution in [1.82, 2.24) is 0 Å². The molecule has 4 unspecified atom stereocenters. The second kappa shape index (κ2) is 10.4. The number of aliphatic hydroxyl groups excluding tert-OH is 1. The smallest absolute Gasteiger partial charge is 0.172 e. The summed E-state index contributed by atoms with van der Waals surface area (Å²) in [5.74, 6) is -1.41. The molecule has 1 heterocycles. The average molecular weight is 431 g/mol. The largest absolute Gasteiger partial charge is 0.507 e. The topological polar surface area (TPSA) is 104 Å². The van der Waals surface area contributed by atoms with Crippen molar-refractivity contribution in [3.8, 4) is 11.5 Å². The Morgan fingerprint density at radius 1 is 1.19 bits per heavy atom. The van der Waals surface area contributed by atoms with E-state index in [4.69, 9.17) is 4.74 Å². The van der Waals surface area contributed by atoms with Crippen LogP contribution in [-0.4, -0.2) is 39.8 Å². The number of hydrogen-bond donors (Lipinski definition) is 3. The van der Waals surface area contributed by atoms with Crippen LogP contribution in [0.5, 0.6) is 11.5 Å². The number of fused-ring (bicyclic) bond motifs is 2. The number of benzene rings is 1. The SMILES string of the molecule is CCCC1CC[C@H](C2CCC/C=C/C(C)Cc3cc(c(O)c(C=O)c3O)C2=O)OC1O. The van der Waals surface area contributed by atoms with Crippen LogP contribution in [0.1, 0.15) is 85.1 Å². The van der Waals surface area contributed by atoms with Crippen LogP contribution in [0.4, 0.5) is 0 Å². The van der Waals surface area contributed by atoms with Crippen LogP contribution in [-0.2, 0) is 11.2 Å². The quantitative estimate of drug-likeness (QED) is 0.478. The van der Waals surface area contributed by atoms with Crippen molar-refractivity contribution in [3.63, 3.8) is 0 Å². The van der Waals surface area contributed by atoms with E-state index < -0.39 is 24.1 Å². The zero-order valence-corrected chi connectivity index (χ0v) is 18.4. The molecule has 0 saturated carbocycles. The zero-order valence-electron chi connectivity index (χ0n) is 18.4. The fourth-order valence-electron chi connectivity index (χ4n) is 4.91. The summed E-state index contributed by atoms with van der Waals surface area (Å²) in [4.78, 5) is 25.2. The maximum absolute atomic E-state index is 13.6. The fraction of sp³-hybridized carbons (Fsp3) is 0.600. The average Bonchev–Trinajstić information content (AvgIpc) is 2.73. The third kappa shape index (κ3) is 5.18. The monoisotopic (exact) mass is 430 g/mol. The summed E-state index contributed by atoms with van der Waals surface area (Å²) in [6, 6.07) is 1.51. The van der Waals surface area contributed by atoms with Gasteiger partial charge in [-0.1, -0.05) is 32.4 Å². The van der Waals surface area contributed by atoms with E-state index in [0.717, 1.165) is 32.1 Å². The first kappa shape index (κ1) is 23.5. The highest BCUT2D eigenvalue weighted by molar-refractivity contribution is 6.04. The number of ether oxygens (including phenoxy) is 1. The van der Waals surface area contributed by atoms with Gasteiger partial charge in [-0.3, -0.25) is 9.59 Å². The van der Waals surface area contributed by atoms with E-state index in [9.17, 15) is 24.9 Å². The van der Waals surface area contributed by atoms with Crippen molar-refractivity contribution in [2.75, 3.05) is 0 Å². The molecule has 5 atom stereocenters. The number of rotatable bonds is 4. The van der Waals surface area contributed by atoms with Crippen LogP contribution >= 0.6 is 0 Å². The molecule has 0 radical (unpaired) electrons. The number of allylic oxidation sites excluding steroid dienone is 2. The number of phenolic OH excluding ortho intramolecular Hbond substituents is 2. The molecule has 1 aliphatic carbocycles. The van der Waals surface area contributed by atoms with Crippen molar-refractivity contribution in [1.29, 1.82) is 0 Å². The van der Waals surface area contributed by atoms with Crippen molar-refractivity contribution >= 4 is 12.1 Å². The number of aldehydes is 1. The number of aromatic hydroxyl groups is 2. The van der Waals surface area contributed by atoms with E-state index >= 15 is 0 Å². The first-order valence-corrected chi connectivity index (χ1v) is 11.4. The van der Waals surface area contributed by atoms with E-state index in [0.29, 0.717) is 31.1 Å². The summed E-state index contributed by atoms with van der Waals surface area (Å²) in [5, 5.41) is 31.6. The predicted molar refractivity (Wildman–Crippen MR) is 117 cm³/mol. The highest BCUT2D eigenvalue weighted by Crippen LogP contribution is 2.39. The van der Waals surface area contributed by atoms with Crippen LogP contribution in [0, 0.1) is 17.8 Å². The summed E-state index contributed by atoms with van der Waals surface area (Å²) in [5.41, 5.74) is 0.262. The molecule has 2 aliphatic rings. The first-order chi connectivity index (χ1) is 14.9. The van der Waals surface area contributed by atoms with E-state index in [1.807, 2.05) is 6.92 Å². The summed E-state index contributed by atoms with van der Waals surface area (Å²) >= 11 is 0. The molecule has 3 N–H and O–H groups in total. The molecule has 1 fully saturated rings. The zero-order chi connectivity index (χ0) is 22.5. The Labute approximate surface area is 183 Å². The van der Waals surface area contributed by atoms with Gasteiger partial charge in [0.1, 0.15) is 11.5 Å². The molecular weight excluding hydrogens is 396 g/mol. The highest BCUT2D eigenvalue weighted by atomic mass is 16.6. The molecule has 3 rings (SSSR count). The summed E-state index contributed by atoms with van der Waals surface area (Å²) in [7, 11) is 0. The van der Waals surface area contributed by atoms with Gasteiger partial charge in [0.05, 0.1) is 17.2 Å². The van der Waals surface area contributed by atoms with Crippen LogP contribution in [0.15, 0.2) is 18.2 Å². The van der Waals surface area contributed by atoms with E-state index in [1.165, 1.54) is 6.07 Å². The third-order valence-corrected chi connectivity index (χ3v) is 6.65. The summed E-state index contributed by atoms with van der Waals surface area (Å²) in [6.45, 7) is 4.07. The third-order valence-electron chi connectivity index (χ3n) is 6.65. The lowest BCUT2D eigenvalue weighted by molar-refractivity contribution is -0.203.